The van der Waals surface area contributed by atoms with E-state index < -0.39 is 5.53 Å². The Labute approximate surface area is 90.0 Å². The maximum absolute atomic E-state index is 11.2. The molecule has 1 rings (SSSR count). The Bertz CT molecular complexity index is 301. The molecule has 0 unspecified atom stereocenters. The Kier molecular flexibility index (Phi) is 4.75. The largest absolute Gasteiger partial charge is 0.337 e. The highest BCUT2D eigenvalue weighted by molar-refractivity contribution is 7.24. The van der Waals surface area contributed by atoms with E-state index in [2.05, 4.69) is 9.97 Å². The second-order valence-corrected chi connectivity index (χ2v) is 3.44. The molecule has 0 aliphatic heterocycles. The van der Waals surface area contributed by atoms with Gasteiger partial charge in [0.1, 0.15) is 6.33 Å². The van der Waals surface area contributed by atoms with Gasteiger partial charge in [-0.3, -0.25) is 4.57 Å². The lowest BCUT2D eigenvalue weighted by molar-refractivity contribution is -0.177. The summed E-state index contributed by atoms with van der Waals surface area (Å²) in [7, 11) is -0.260. The Balaban J connectivity index is 3.03. The zero-order valence-corrected chi connectivity index (χ0v) is 9.61. The molecule has 15 heavy (non-hydrogen) atoms. The van der Waals surface area contributed by atoms with Crippen molar-refractivity contribution < 1.29 is 14.0 Å². The van der Waals surface area contributed by atoms with Crippen LogP contribution in [-0.2, 0) is 19.6 Å². The molecule has 0 spiro atoms. The van der Waals surface area contributed by atoms with Crippen LogP contribution in [0.1, 0.15) is 19.4 Å². The van der Waals surface area contributed by atoms with Gasteiger partial charge >= 0.3 is 0 Å². The molecule has 0 aliphatic rings. The third-order valence-corrected chi connectivity index (χ3v) is 2.48. The Morgan fingerprint density at radius 3 is 2.20 bits per heavy atom. The van der Waals surface area contributed by atoms with Crippen LogP contribution in [0.3, 0.4) is 0 Å². The number of hydrogen-bond donors (Lipinski definition) is 0. The van der Waals surface area contributed by atoms with E-state index >= 15 is 0 Å². The molecule has 0 aliphatic carbocycles. The van der Waals surface area contributed by atoms with Gasteiger partial charge < -0.3 is 9.47 Å². The molecule has 1 aromatic rings. The smallest absolute Gasteiger partial charge is 0.281 e. The summed E-state index contributed by atoms with van der Waals surface area (Å²) in [5, 5.41) is 0. The average molecular weight is 228 g/mol. The summed E-state index contributed by atoms with van der Waals surface area (Å²) in [5.41, 5.74) is -0.726. The van der Waals surface area contributed by atoms with Crippen molar-refractivity contribution in [3.05, 3.63) is 24.3 Å². The highest BCUT2D eigenvalue weighted by Crippen LogP contribution is 2.37. The van der Waals surface area contributed by atoms with Crippen molar-refractivity contribution in [2.24, 2.45) is 0 Å². The molecular formula is C9H13N2O3P. The molecule has 1 heterocycles. The fourth-order valence-corrected chi connectivity index (χ4v) is 1.75. The van der Waals surface area contributed by atoms with Crippen molar-refractivity contribution >= 4 is 8.46 Å². The molecule has 0 atom stereocenters. The zero-order valence-electron chi connectivity index (χ0n) is 8.71. The van der Waals surface area contributed by atoms with Crippen molar-refractivity contribution in [1.29, 1.82) is 0 Å². The summed E-state index contributed by atoms with van der Waals surface area (Å²) in [4.78, 5) is 7.70. The van der Waals surface area contributed by atoms with Crippen LogP contribution < -0.4 is 0 Å². The third-order valence-electron chi connectivity index (χ3n) is 1.73. The fourth-order valence-electron chi connectivity index (χ4n) is 1.17. The topological polar surface area (TPSA) is 61.3 Å². The normalized spacial score (nSPS) is 11.9. The van der Waals surface area contributed by atoms with Crippen molar-refractivity contribution in [2.75, 3.05) is 13.2 Å². The lowest BCUT2D eigenvalue weighted by atomic mass is 10.3. The van der Waals surface area contributed by atoms with Crippen LogP contribution in [0.25, 0.3) is 0 Å². The zero-order chi connectivity index (χ0) is 11.1. The third kappa shape index (κ3) is 2.78. The lowest BCUT2D eigenvalue weighted by Gasteiger charge is -2.25. The van der Waals surface area contributed by atoms with Crippen LogP contribution in [0.2, 0.25) is 0 Å². The van der Waals surface area contributed by atoms with E-state index in [1.165, 1.54) is 18.7 Å². The standard InChI is InChI=1S/C9H13N2O3P/c1-3-13-9(15-12,14-4-2)8-5-10-7-11-6-8/h5-7H,3-4H2,1-2H3. The molecule has 0 saturated heterocycles. The van der Waals surface area contributed by atoms with Crippen LogP contribution in [0, 0.1) is 0 Å². The van der Waals surface area contributed by atoms with Crippen LogP contribution in [0.15, 0.2) is 18.7 Å². The van der Waals surface area contributed by atoms with Gasteiger partial charge in [0.15, 0.2) is 0 Å². The number of aromatic nitrogens is 2. The Morgan fingerprint density at radius 1 is 1.27 bits per heavy atom. The predicted octanol–water partition coefficient (Wildman–Crippen LogP) is 1.95. The first-order chi connectivity index (χ1) is 7.29. The van der Waals surface area contributed by atoms with E-state index in [0.29, 0.717) is 18.8 Å². The minimum absolute atomic E-state index is 0.260. The summed E-state index contributed by atoms with van der Waals surface area (Å²) in [6, 6.07) is 0. The van der Waals surface area contributed by atoms with Gasteiger partial charge in [0, 0.05) is 25.6 Å². The molecule has 0 radical (unpaired) electrons. The van der Waals surface area contributed by atoms with E-state index in [0.717, 1.165) is 0 Å². The summed E-state index contributed by atoms with van der Waals surface area (Å²) in [6.07, 6.45) is 4.46. The molecule has 6 heteroatoms. The Morgan fingerprint density at radius 2 is 1.80 bits per heavy atom. The minimum atomic E-state index is -1.27. The van der Waals surface area contributed by atoms with E-state index in [1.54, 1.807) is 0 Å². The van der Waals surface area contributed by atoms with Gasteiger partial charge in [-0.2, -0.15) is 0 Å². The highest BCUT2D eigenvalue weighted by atomic mass is 31.1. The van der Waals surface area contributed by atoms with Crippen LogP contribution >= 0.6 is 8.46 Å². The van der Waals surface area contributed by atoms with Crippen LogP contribution in [0.5, 0.6) is 0 Å². The molecule has 0 aromatic carbocycles. The molecule has 1 aromatic heterocycles. The Hall–Kier alpha value is -0.900. The quantitative estimate of drug-likeness (QED) is 0.550. The minimum Gasteiger partial charge on any atom is -0.337 e. The fraction of sp³-hybridized carbons (Fsp3) is 0.556. The summed E-state index contributed by atoms with van der Waals surface area (Å²) in [5.74, 6) is 0. The average Bonchev–Trinajstić information content (AvgIpc) is 2.30. The molecule has 0 bridgehead atoms. The van der Waals surface area contributed by atoms with Crippen LogP contribution in [0.4, 0.5) is 0 Å². The van der Waals surface area contributed by atoms with E-state index in [-0.39, 0.29) is 8.46 Å². The predicted molar refractivity (Wildman–Crippen MR) is 54.6 cm³/mol. The van der Waals surface area contributed by atoms with Crippen LogP contribution in [-0.4, -0.2) is 23.2 Å². The number of rotatable bonds is 6. The van der Waals surface area contributed by atoms with Gasteiger partial charge in [0.05, 0.1) is 5.56 Å². The number of hydrogen-bond acceptors (Lipinski definition) is 5. The van der Waals surface area contributed by atoms with Gasteiger partial charge in [0.25, 0.3) is 5.53 Å². The van der Waals surface area contributed by atoms with E-state index in [9.17, 15) is 4.57 Å². The summed E-state index contributed by atoms with van der Waals surface area (Å²) in [6.45, 7) is 4.40. The van der Waals surface area contributed by atoms with E-state index in [1.807, 2.05) is 13.8 Å². The molecule has 0 amide bonds. The number of nitrogens with zero attached hydrogens (tertiary/aromatic N) is 2. The van der Waals surface area contributed by atoms with Gasteiger partial charge in [-0.05, 0) is 13.8 Å². The molecule has 0 saturated carbocycles. The molecule has 0 N–H and O–H groups in total. The van der Waals surface area contributed by atoms with Crippen molar-refractivity contribution in [1.82, 2.24) is 9.97 Å². The maximum Gasteiger partial charge on any atom is 0.281 e. The first-order valence-electron chi connectivity index (χ1n) is 4.67. The summed E-state index contributed by atoms with van der Waals surface area (Å²) < 4.78 is 22.0. The van der Waals surface area contributed by atoms with Crippen molar-refractivity contribution in [2.45, 2.75) is 19.4 Å². The monoisotopic (exact) mass is 228 g/mol. The second-order valence-electron chi connectivity index (χ2n) is 2.67. The lowest BCUT2D eigenvalue weighted by Crippen LogP contribution is -2.27. The molecule has 5 nitrogen and oxygen atoms in total. The molecular weight excluding hydrogens is 215 g/mol. The van der Waals surface area contributed by atoms with Crippen molar-refractivity contribution in [3.8, 4) is 0 Å². The van der Waals surface area contributed by atoms with Gasteiger partial charge in [0.2, 0.25) is 8.46 Å². The molecule has 0 fully saturated rings. The van der Waals surface area contributed by atoms with Gasteiger partial charge in [-0.15, -0.1) is 0 Å². The maximum atomic E-state index is 11.2. The first-order valence-corrected chi connectivity index (χ1v) is 5.48. The number of ether oxygens (including phenoxy) is 2. The van der Waals surface area contributed by atoms with E-state index in [4.69, 9.17) is 9.47 Å². The van der Waals surface area contributed by atoms with Gasteiger partial charge in [-0.25, -0.2) is 9.97 Å². The first kappa shape index (κ1) is 12.2. The second kappa shape index (κ2) is 5.85. The summed E-state index contributed by atoms with van der Waals surface area (Å²) >= 11 is 0. The van der Waals surface area contributed by atoms with Gasteiger partial charge in [-0.1, -0.05) is 0 Å². The SMILES string of the molecule is CCOC(OCC)(P=O)c1cncnc1. The van der Waals surface area contributed by atoms with Crippen molar-refractivity contribution in [3.63, 3.8) is 0 Å². The molecule has 82 valence electrons. The highest BCUT2D eigenvalue weighted by Gasteiger charge is 2.35.